The van der Waals surface area contributed by atoms with Crippen molar-refractivity contribution in [1.82, 2.24) is 9.55 Å². The van der Waals surface area contributed by atoms with E-state index in [2.05, 4.69) is 11.9 Å². The molecular weight excluding hydrogens is 242 g/mol. The third-order valence-electron chi connectivity index (χ3n) is 2.92. The number of aryl methyl sites for hydroxylation is 1. The Kier molecular flexibility index (Phi) is 3.62. The van der Waals surface area contributed by atoms with Gasteiger partial charge < -0.3 is 0 Å². The molecule has 0 saturated heterocycles. The van der Waals surface area contributed by atoms with Crippen LogP contribution >= 0.6 is 0 Å². The molecule has 2 rings (SSSR count). The zero-order chi connectivity index (χ0) is 13.8. The number of nitrogens with one attached hydrogen (secondary N) is 1. The molecule has 19 heavy (non-hydrogen) atoms. The van der Waals surface area contributed by atoms with Crippen LogP contribution < -0.4 is 11.2 Å². The zero-order valence-electron chi connectivity index (χ0n) is 10.5. The van der Waals surface area contributed by atoms with Crippen molar-refractivity contribution in [2.75, 3.05) is 0 Å². The van der Waals surface area contributed by atoms with Crippen molar-refractivity contribution >= 4 is 0 Å². The van der Waals surface area contributed by atoms with Gasteiger partial charge in [0.15, 0.2) is 0 Å². The topological polar surface area (TPSA) is 78.7 Å². The Bertz CT molecular complexity index is 733. The molecule has 1 heterocycles. The lowest BCUT2D eigenvalue weighted by Crippen LogP contribution is -2.31. The second kappa shape index (κ2) is 5.36. The van der Waals surface area contributed by atoms with Crippen LogP contribution in [0.3, 0.4) is 0 Å². The molecule has 0 aliphatic heterocycles. The predicted molar refractivity (Wildman–Crippen MR) is 71.0 cm³/mol. The summed E-state index contributed by atoms with van der Waals surface area (Å²) in [5.74, 6) is 0. The van der Waals surface area contributed by atoms with E-state index in [0.29, 0.717) is 6.54 Å². The molecule has 0 amide bonds. The van der Waals surface area contributed by atoms with Gasteiger partial charge in [0.25, 0.3) is 5.56 Å². The summed E-state index contributed by atoms with van der Waals surface area (Å²) >= 11 is 0. The highest BCUT2D eigenvalue weighted by Crippen LogP contribution is 2.06. The van der Waals surface area contributed by atoms with E-state index >= 15 is 0 Å². The molecular formula is C14H13N3O2. The van der Waals surface area contributed by atoms with Crippen molar-refractivity contribution in [1.29, 1.82) is 5.26 Å². The fraction of sp³-hybridized carbons (Fsp3) is 0.214. The standard InChI is InChI=1S/C14H13N3O2/c1-2-10-3-5-11(6-4-10)8-17-9-12(7-15)13(18)16-14(17)19/h3-6,9H,2,8H2,1H3,(H,16,18,19). The van der Waals surface area contributed by atoms with E-state index in [0.717, 1.165) is 12.0 Å². The van der Waals surface area contributed by atoms with Gasteiger partial charge in [0.2, 0.25) is 0 Å². The Labute approximate surface area is 109 Å². The molecule has 1 aromatic carbocycles. The summed E-state index contributed by atoms with van der Waals surface area (Å²) in [4.78, 5) is 25.0. The zero-order valence-corrected chi connectivity index (χ0v) is 10.5. The Morgan fingerprint density at radius 2 is 1.84 bits per heavy atom. The van der Waals surface area contributed by atoms with E-state index in [9.17, 15) is 9.59 Å². The van der Waals surface area contributed by atoms with Crippen molar-refractivity contribution in [2.45, 2.75) is 19.9 Å². The minimum absolute atomic E-state index is 0.0650. The number of benzene rings is 1. The molecule has 96 valence electrons. The lowest BCUT2D eigenvalue weighted by molar-refractivity contribution is 0.717. The van der Waals surface area contributed by atoms with Crippen molar-refractivity contribution < 1.29 is 0 Å². The minimum Gasteiger partial charge on any atom is -0.295 e. The van der Waals surface area contributed by atoms with Crippen LogP contribution in [0.25, 0.3) is 0 Å². The Balaban J connectivity index is 2.35. The second-order valence-electron chi connectivity index (χ2n) is 4.21. The number of nitrogens with zero attached hydrogens (tertiary/aromatic N) is 2. The van der Waals surface area contributed by atoms with Gasteiger partial charge in [-0.05, 0) is 17.5 Å². The Hall–Kier alpha value is -2.61. The van der Waals surface area contributed by atoms with Crippen molar-refractivity contribution in [3.63, 3.8) is 0 Å². The van der Waals surface area contributed by atoms with E-state index in [4.69, 9.17) is 5.26 Å². The fourth-order valence-corrected chi connectivity index (χ4v) is 1.78. The monoisotopic (exact) mass is 255 g/mol. The van der Waals surface area contributed by atoms with Gasteiger partial charge in [-0.25, -0.2) is 4.79 Å². The van der Waals surface area contributed by atoms with Gasteiger partial charge in [0.05, 0.1) is 6.54 Å². The molecule has 0 atom stereocenters. The van der Waals surface area contributed by atoms with E-state index in [1.165, 1.54) is 16.3 Å². The van der Waals surface area contributed by atoms with Crippen LogP contribution in [0.15, 0.2) is 40.1 Å². The first-order chi connectivity index (χ1) is 9.13. The number of rotatable bonds is 3. The van der Waals surface area contributed by atoms with E-state index < -0.39 is 11.2 Å². The van der Waals surface area contributed by atoms with Crippen LogP contribution in [-0.2, 0) is 13.0 Å². The van der Waals surface area contributed by atoms with Gasteiger partial charge in [-0.15, -0.1) is 0 Å². The van der Waals surface area contributed by atoms with Crippen molar-refractivity contribution in [3.8, 4) is 6.07 Å². The van der Waals surface area contributed by atoms with Crippen LogP contribution in [0.2, 0.25) is 0 Å². The average Bonchev–Trinajstić information content (AvgIpc) is 2.42. The number of H-pyrrole nitrogens is 1. The summed E-state index contributed by atoms with van der Waals surface area (Å²) in [6.45, 7) is 2.40. The fourth-order valence-electron chi connectivity index (χ4n) is 1.78. The van der Waals surface area contributed by atoms with Crippen LogP contribution in [-0.4, -0.2) is 9.55 Å². The van der Waals surface area contributed by atoms with Crippen molar-refractivity contribution in [3.05, 3.63) is 68.0 Å². The molecule has 0 saturated carbocycles. The van der Waals surface area contributed by atoms with Crippen molar-refractivity contribution in [2.24, 2.45) is 0 Å². The normalized spacial score (nSPS) is 10.1. The summed E-state index contributed by atoms with van der Waals surface area (Å²) in [5.41, 5.74) is 0.934. The highest BCUT2D eigenvalue weighted by atomic mass is 16.2. The molecule has 5 nitrogen and oxygen atoms in total. The maximum absolute atomic E-state index is 11.6. The SMILES string of the molecule is CCc1ccc(Cn2cc(C#N)c(=O)[nH]c2=O)cc1. The maximum Gasteiger partial charge on any atom is 0.328 e. The van der Waals surface area contributed by atoms with Crippen LogP contribution in [0.4, 0.5) is 0 Å². The summed E-state index contributed by atoms with van der Waals surface area (Å²) in [5, 5.41) is 8.78. The molecule has 0 bridgehead atoms. The van der Waals surface area contributed by atoms with E-state index in [1.807, 2.05) is 24.3 Å². The number of hydrogen-bond donors (Lipinski definition) is 1. The third-order valence-corrected chi connectivity index (χ3v) is 2.92. The summed E-state index contributed by atoms with van der Waals surface area (Å²) in [7, 11) is 0. The van der Waals surface area contributed by atoms with Gasteiger partial charge in [-0.1, -0.05) is 31.2 Å². The molecule has 0 aliphatic carbocycles. The van der Waals surface area contributed by atoms with E-state index in [-0.39, 0.29) is 5.56 Å². The first-order valence-electron chi connectivity index (χ1n) is 5.95. The maximum atomic E-state index is 11.6. The predicted octanol–water partition coefficient (Wildman–Crippen LogP) is 1.02. The van der Waals surface area contributed by atoms with Crippen LogP contribution in [0.1, 0.15) is 23.6 Å². The second-order valence-corrected chi connectivity index (χ2v) is 4.21. The first-order valence-corrected chi connectivity index (χ1v) is 5.95. The molecule has 0 spiro atoms. The molecule has 0 radical (unpaired) electrons. The largest absolute Gasteiger partial charge is 0.328 e. The van der Waals surface area contributed by atoms with Crippen LogP contribution in [0, 0.1) is 11.3 Å². The minimum atomic E-state index is -0.648. The summed E-state index contributed by atoms with van der Waals surface area (Å²) < 4.78 is 1.32. The van der Waals surface area contributed by atoms with Gasteiger partial charge in [0.1, 0.15) is 11.6 Å². The lowest BCUT2D eigenvalue weighted by Gasteiger charge is -2.06. The molecule has 0 aliphatic rings. The number of aromatic amines is 1. The molecule has 2 aromatic rings. The smallest absolute Gasteiger partial charge is 0.295 e. The van der Waals surface area contributed by atoms with Gasteiger partial charge in [-0.3, -0.25) is 14.3 Å². The van der Waals surface area contributed by atoms with Gasteiger partial charge in [-0.2, -0.15) is 5.26 Å². The molecule has 5 heteroatoms. The molecule has 1 aromatic heterocycles. The molecule has 1 N–H and O–H groups in total. The van der Waals surface area contributed by atoms with Gasteiger partial charge >= 0.3 is 5.69 Å². The average molecular weight is 255 g/mol. The molecule has 0 unspecified atom stereocenters. The quantitative estimate of drug-likeness (QED) is 0.889. The number of hydrogen-bond acceptors (Lipinski definition) is 3. The third kappa shape index (κ3) is 2.80. The highest BCUT2D eigenvalue weighted by molar-refractivity contribution is 5.25. The first kappa shape index (κ1) is 12.8. The Morgan fingerprint density at radius 1 is 1.21 bits per heavy atom. The molecule has 0 fully saturated rings. The number of aromatic nitrogens is 2. The Morgan fingerprint density at radius 3 is 2.42 bits per heavy atom. The van der Waals surface area contributed by atoms with E-state index in [1.54, 1.807) is 6.07 Å². The van der Waals surface area contributed by atoms with Gasteiger partial charge in [0, 0.05) is 6.20 Å². The highest BCUT2D eigenvalue weighted by Gasteiger charge is 2.04. The summed E-state index contributed by atoms with van der Waals surface area (Å²) in [6.07, 6.45) is 2.24. The van der Waals surface area contributed by atoms with Crippen LogP contribution in [0.5, 0.6) is 0 Å². The lowest BCUT2D eigenvalue weighted by atomic mass is 10.1. The number of nitriles is 1. The summed E-state index contributed by atoms with van der Waals surface area (Å²) in [6, 6.07) is 9.62.